The number of carbonyl (C=O) groups is 1. The summed E-state index contributed by atoms with van der Waals surface area (Å²) in [6.45, 7) is 6.40. The normalized spacial score (nSPS) is 19.4. The summed E-state index contributed by atoms with van der Waals surface area (Å²) in [5.74, 6) is -0.0500. The lowest BCUT2D eigenvalue weighted by molar-refractivity contribution is -0.393. The van der Waals surface area contributed by atoms with Crippen LogP contribution in [0.25, 0.3) is 0 Å². The molecule has 0 aliphatic carbocycles. The Balaban J connectivity index is 2.09. The van der Waals surface area contributed by atoms with E-state index in [0.717, 1.165) is 12.8 Å². The molecule has 116 valence electrons. The van der Waals surface area contributed by atoms with E-state index < -0.39 is 10.5 Å². The third-order valence-electron chi connectivity index (χ3n) is 3.23. The molecule has 0 saturated carbocycles. The first kappa shape index (κ1) is 15.3. The van der Waals surface area contributed by atoms with Crippen LogP contribution < -0.4 is 0 Å². The van der Waals surface area contributed by atoms with E-state index >= 15 is 0 Å². The van der Waals surface area contributed by atoms with Crippen LogP contribution in [-0.4, -0.2) is 44.4 Å². The van der Waals surface area contributed by atoms with E-state index in [1.165, 1.54) is 16.9 Å². The van der Waals surface area contributed by atoms with E-state index in [-0.39, 0.29) is 18.0 Å². The summed E-state index contributed by atoms with van der Waals surface area (Å²) >= 11 is 0. The third kappa shape index (κ3) is 3.71. The van der Waals surface area contributed by atoms with Gasteiger partial charge in [0.05, 0.1) is 18.8 Å². The summed E-state index contributed by atoms with van der Waals surface area (Å²) in [5, 5.41) is 15.0. The molecular weight excluding hydrogens is 276 g/mol. The minimum atomic E-state index is -0.554. The average molecular weight is 296 g/mol. The van der Waals surface area contributed by atoms with Crippen molar-refractivity contribution in [2.24, 2.45) is 0 Å². The molecule has 1 aromatic rings. The van der Waals surface area contributed by atoms with Crippen LogP contribution in [0.3, 0.4) is 0 Å². The molecule has 1 amide bonds. The highest BCUT2D eigenvalue weighted by atomic mass is 16.6. The number of nitro groups is 1. The van der Waals surface area contributed by atoms with Crippen molar-refractivity contribution in [1.82, 2.24) is 14.7 Å². The Morgan fingerprint density at radius 3 is 2.86 bits per heavy atom. The number of carbonyl (C=O) groups excluding carboxylic acids is 1. The van der Waals surface area contributed by atoms with Crippen molar-refractivity contribution in [3.8, 4) is 0 Å². The Bertz CT molecular complexity index is 535. The monoisotopic (exact) mass is 296 g/mol. The van der Waals surface area contributed by atoms with Gasteiger partial charge in [0, 0.05) is 6.54 Å². The largest absolute Gasteiger partial charge is 0.444 e. The van der Waals surface area contributed by atoms with Gasteiger partial charge < -0.3 is 19.8 Å². The zero-order valence-electron chi connectivity index (χ0n) is 12.5. The average Bonchev–Trinajstić information content (AvgIpc) is 2.86. The molecule has 1 unspecified atom stereocenters. The predicted molar refractivity (Wildman–Crippen MR) is 75.0 cm³/mol. The molecule has 0 spiro atoms. The van der Waals surface area contributed by atoms with Gasteiger partial charge in [-0.15, -0.1) is 4.68 Å². The molecular formula is C13H20N4O4. The van der Waals surface area contributed by atoms with Crippen molar-refractivity contribution in [3.05, 3.63) is 22.4 Å². The molecule has 1 aromatic heterocycles. The fourth-order valence-electron chi connectivity index (χ4n) is 2.38. The number of rotatable bonds is 2. The number of aromatic nitrogens is 2. The predicted octanol–water partition coefficient (Wildman–Crippen LogP) is 2.36. The van der Waals surface area contributed by atoms with Crippen molar-refractivity contribution in [1.29, 1.82) is 0 Å². The second kappa shape index (κ2) is 5.71. The first-order chi connectivity index (χ1) is 9.78. The molecule has 1 saturated heterocycles. The molecule has 8 nitrogen and oxygen atoms in total. The molecule has 1 fully saturated rings. The van der Waals surface area contributed by atoms with Crippen molar-refractivity contribution >= 4 is 11.9 Å². The van der Waals surface area contributed by atoms with Crippen LogP contribution in [0.1, 0.15) is 39.7 Å². The molecule has 0 bridgehead atoms. The molecule has 2 rings (SSSR count). The van der Waals surface area contributed by atoms with Crippen LogP contribution in [0.5, 0.6) is 0 Å². The van der Waals surface area contributed by atoms with Crippen molar-refractivity contribution in [2.75, 3.05) is 13.1 Å². The van der Waals surface area contributed by atoms with Crippen molar-refractivity contribution < 1.29 is 14.5 Å². The summed E-state index contributed by atoms with van der Waals surface area (Å²) in [6.07, 6.45) is 2.54. The van der Waals surface area contributed by atoms with Gasteiger partial charge in [0.1, 0.15) is 11.6 Å². The van der Waals surface area contributed by atoms with E-state index in [1.807, 2.05) is 20.8 Å². The zero-order chi connectivity index (χ0) is 15.6. The summed E-state index contributed by atoms with van der Waals surface area (Å²) in [6, 6.07) is 1.17. The van der Waals surface area contributed by atoms with E-state index in [2.05, 4.69) is 5.10 Å². The molecule has 0 radical (unpaired) electrons. The fraction of sp³-hybridized carbons (Fsp3) is 0.692. The second-order valence-electron chi connectivity index (χ2n) is 6.11. The quantitative estimate of drug-likeness (QED) is 0.617. The maximum Gasteiger partial charge on any atom is 0.410 e. The number of ether oxygens (including phenoxy) is 1. The zero-order valence-corrected chi connectivity index (χ0v) is 12.5. The van der Waals surface area contributed by atoms with Crippen molar-refractivity contribution in [3.63, 3.8) is 0 Å². The molecule has 1 aliphatic rings. The molecule has 0 aromatic carbocycles. The number of piperidine rings is 1. The van der Waals surface area contributed by atoms with E-state index in [4.69, 9.17) is 4.74 Å². The van der Waals surface area contributed by atoms with Crippen LogP contribution in [0.15, 0.2) is 12.3 Å². The number of hydrogen-bond acceptors (Lipinski definition) is 5. The Morgan fingerprint density at radius 2 is 2.24 bits per heavy atom. The van der Waals surface area contributed by atoms with Gasteiger partial charge >= 0.3 is 11.9 Å². The molecule has 1 aliphatic heterocycles. The summed E-state index contributed by atoms with van der Waals surface area (Å²) in [5.41, 5.74) is -0.554. The van der Waals surface area contributed by atoms with E-state index in [0.29, 0.717) is 13.1 Å². The van der Waals surface area contributed by atoms with Gasteiger partial charge in [0.15, 0.2) is 0 Å². The van der Waals surface area contributed by atoms with Crippen molar-refractivity contribution in [2.45, 2.75) is 45.3 Å². The lowest BCUT2D eigenvalue weighted by atomic mass is 10.1. The summed E-state index contributed by atoms with van der Waals surface area (Å²) in [4.78, 5) is 24.2. The molecule has 2 heterocycles. The molecule has 0 N–H and O–H groups in total. The topological polar surface area (TPSA) is 90.5 Å². The number of nitrogens with zero attached hydrogens (tertiary/aromatic N) is 4. The maximum absolute atomic E-state index is 12.1. The van der Waals surface area contributed by atoms with Gasteiger partial charge in [-0.25, -0.2) is 4.79 Å². The van der Waals surface area contributed by atoms with Crippen LogP contribution in [-0.2, 0) is 4.74 Å². The second-order valence-corrected chi connectivity index (χ2v) is 6.11. The standard InChI is InChI=1S/C13H20N4O4/c1-13(2,3)21-12(18)15-8-4-5-10(9-15)16-11(17(19)20)6-7-14-16/h6-7,10H,4-5,8-9H2,1-3H3. The first-order valence-electron chi connectivity index (χ1n) is 6.94. The Morgan fingerprint density at radius 1 is 1.52 bits per heavy atom. The van der Waals surface area contributed by atoms with Gasteiger partial charge in [-0.3, -0.25) is 0 Å². The molecule has 1 atom stereocenters. The number of amides is 1. The Kier molecular flexibility index (Phi) is 4.15. The lowest BCUT2D eigenvalue weighted by Crippen LogP contribution is -2.43. The van der Waals surface area contributed by atoms with Crippen LogP contribution in [0.4, 0.5) is 10.6 Å². The highest BCUT2D eigenvalue weighted by Crippen LogP contribution is 2.26. The van der Waals surface area contributed by atoms with Crippen LogP contribution >= 0.6 is 0 Å². The Hall–Kier alpha value is -2.12. The molecule has 8 heteroatoms. The lowest BCUT2D eigenvalue weighted by Gasteiger charge is -2.32. The van der Waals surface area contributed by atoms with Crippen LogP contribution in [0.2, 0.25) is 0 Å². The number of likely N-dealkylation sites (tertiary alicyclic amines) is 1. The highest BCUT2D eigenvalue weighted by molar-refractivity contribution is 5.68. The molecule has 21 heavy (non-hydrogen) atoms. The van der Waals surface area contributed by atoms with E-state index in [9.17, 15) is 14.9 Å². The third-order valence-corrected chi connectivity index (χ3v) is 3.23. The van der Waals surface area contributed by atoms with Gasteiger partial charge in [0.25, 0.3) is 0 Å². The minimum Gasteiger partial charge on any atom is -0.444 e. The van der Waals surface area contributed by atoms with Gasteiger partial charge in [-0.2, -0.15) is 0 Å². The summed E-state index contributed by atoms with van der Waals surface area (Å²) in [7, 11) is 0. The highest BCUT2D eigenvalue weighted by Gasteiger charge is 2.33. The van der Waals surface area contributed by atoms with Crippen LogP contribution in [0, 0.1) is 10.1 Å². The minimum absolute atomic E-state index is 0.0500. The Labute approximate surface area is 122 Å². The maximum atomic E-state index is 12.1. The summed E-state index contributed by atoms with van der Waals surface area (Å²) < 4.78 is 6.73. The first-order valence-corrected chi connectivity index (χ1v) is 6.94. The van der Waals surface area contributed by atoms with Gasteiger partial charge in [-0.05, 0) is 38.5 Å². The SMILES string of the molecule is CC(C)(C)OC(=O)N1CCCC(n2nccc2[N+](=O)[O-])C1. The van der Waals surface area contributed by atoms with Gasteiger partial charge in [-0.1, -0.05) is 5.10 Å². The van der Waals surface area contributed by atoms with Gasteiger partial charge in [0.2, 0.25) is 0 Å². The number of hydrogen-bond donors (Lipinski definition) is 0. The van der Waals surface area contributed by atoms with E-state index in [1.54, 1.807) is 4.90 Å². The fourth-order valence-corrected chi connectivity index (χ4v) is 2.38. The smallest absolute Gasteiger partial charge is 0.410 e.